The minimum atomic E-state index is 0.568. The van der Waals surface area contributed by atoms with Gasteiger partial charge in [0.2, 0.25) is 0 Å². The zero-order valence-corrected chi connectivity index (χ0v) is 11.5. The minimum Gasteiger partial charge on any atom is -0.381 e. The summed E-state index contributed by atoms with van der Waals surface area (Å²) in [4.78, 5) is 18.4. The van der Waals surface area contributed by atoms with Gasteiger partial charge in [-0.25, -0.2) is 4.98 Å². The van der Waals surface area contributed by atoms with Crippen molar-refractivity contribution in [3.8, 4) is 11.1 Å². The number of fused-ring (bicyclic) bond motifs is 1. The van der Waals surface area contributed by atoms with Crippen molar-refractivity contribution in [1.82, 2.24) is 9.97 Å². The van der Waals surface area contributed by atoms with Gasteiger partial charge in [-0.2, -0.15) is 0 Å². The number of anilines is 1. The van der Waals surface area contributed by atoms with Crippen molar-refractivity contribution >= 4 is 23.0 Å². The SMILES string of the molecule is O=Cc1ccc(-c2cnc3[nH]ccc3c2NC2CC2)cc1. The first kappa shape index (κ1) is 12.1. The molecule has 4 nitrogen and oxygen atoms in total. The van der Waals surface area contributed by atoms with E-state index < -0.39 is 0 Å². The molecule has 3 aromatic rings. The molecule has 0 aliphatic heterocycles. The first-order chi connectivity index (χ1) is 10.3. The number of aromatic amines is 1. The predicted octanol–water partition coefficient (Wildman–Crippen LogP) is 3.62. The Morgan fingerprint density at radius 2 is 2.00 bits per heavy atom. The highest BCUT2D eigenvalue weighted by Gasteiger charge is 2.23. The maximum Gasteiger partial charge on any atom is 0.150 e. The zero-order valence-electron chi connectivity index (χ0n) is 11.5. The lowest BCUT2D eigenvalue weighted by Gasteiger charge is -2.13. The summed E-state index contributed by atoms with van der Waals surface area (Å²) in [5.74, 6) is 0. The summed E-state index contributed by atoms with van der Waals surface area (Å²) in [7, 11) is 0. The third-order valence-electron chi connectivity index (χ3n) is 3.87. The Morgan fingerprint density at radius 3 is 2.71 bits per heavy atom. The highest BCUT2D eigenvalue weighted by Crippen LogP contribution is 2.36. The molecular formula is C17H15N3O. The van der Waals surface area contributed by atoms with Gasteiger partial charge in [-0.3, -0.25) is 4.79 Å². The van der Waals surface area contributed by atoms with E-state index >= 15 is 0 Å². The molecule has 2 aromatic heterocycles. The smallest absolute Gasteiger partial charge is 0.150 e. The Morgan fingerprint density at radius 1 is 1.19 bits per heavy atom. The van der Waals surface area contributed by atoms with Crippen LogP contribution in [-0.2, 0) is 0 Å². The Bertz CT molecular complexity index is 801. The summed E-state index contributed by atoms with van der Waals surface area (Å²) in [5, 5.41) is 4.72. The number of nitrogens with one attached hydrogen (secondary N) is 2. The second-order valence-electron chi connectivity index (χ2n) is 5.45. The van der Waals surface area contributed by atoms with E-state index in [-0.39, 0.29) is 0 Å². The van der Waals surface area contributed by atoms with E-state index in [0.717, 1.165) is 34.1 Å². The molecule has 1 saturated carbocycles. The van der Waals surface area contributed by atoms with Crippen LogP contribution in [0.3, 0.4) is 0 Å². The van der Waals surface area contributed by atoms with Crippen LogP contribution in [0.4, 0.5) is 5.69 Å². The molecular weight excluding hydrogens is 262 g/mol. The molecule has 0 unspecified atom stereocenters. The highest BCUT2D eigenvalue weighted by molar-refractivity contribution is 5.98. The van der Waals surface area contributed by atoms with Gasteiger partial charge < -0.3 is 10.3 Å². The summed E-state index contributed by atoms with van der Waals surface area (Å²) in [6, 6.07) is 10.2. The number of hydrogen-bond acceptors (Lipinski definition) is 3. The molecule has 1 aliphatic rings. The van der Waals surface area contributed by atoms with Crippen molar-refractivity contribution < 1.29 is 4.79 Å². The van der Waals surface area contributed by atoms with Crippen LogP contribution >= 0.6 is 0 Å². The molecule has 104 valence electrons. The summed E-state index contributed by atoms with van der Waals surface area (Å²) in [6.45, 7) is 0. The molecule has 0 atom stereocenters. The Labute approximate surface area is 122 Å². The third kappa shape index (κ3) is 2.18. The molecule has 4 heteroatoms. The van der Waals surface area contributed by atoms with Gasteiger partial charge in [0.05, 0.1) is 5.69 Å². The molecule has 0 bridgehead atoms. The predicted molar refractivity (Wildman–Crippen MR) is 83.6 cm³/mol. The number of rotatable bonds is 4. The van der Waals surface area contributed by atoms with Crippen LogP contribution in [0.25, 0.3) is 22.2 Å². The normalized spacial score (nSPS) is 14.3. The van der Waals surface area contributed by atoms with E-state index in [9.17, 15) is 4.79 Å². The van der Waals surface area contributed by atoms with Crippen molar-refractivity contribution in [1.29, 1.82) is 0 Å². The fourth-order valence-electron chi connectivity index (χ4n) is 2.56. The number of benzene rings is 1. The Hall–Kier alpha value is -2.62. The zero-order chi connectivity index (χ0) is 14.2. The van der Waals surface area contributed by atoms with Gasteiger partial charge in [0.15, 0.2) is 0 Å². The molecule has 2 N–H and O–H groups in total. The number of nitrogens with zero attached hydrogens (tertiary/aromatic N) is 1. The number of pyridine rings is 1. The van der Waals surface area contributed by atoms with Crippen LogP contribution in [0.2, 0.25) is 0 Å². The first-order valence-electron chi connectivity index (χ1n) is 7.13. The fourth-order valence-corrected chi connectivity index (χ4v) is 2.56. The summed E-state index contributed by atoms with van der Waals surface area (Å²) >= 11 is 0. The van der Waals surface area contributed by atoms with Crippen molar-refractivity contribution in [3.63, 3.8) is 0 Å². The van der Waals surface area contributed by atoms with Crippen molar-refractivity contribution in [2.24, 2.45) is 0 Å². The van der Waals surface area contributed by atoms with Crippen molar-refractivity contribution in [2.45, 2.75) is 18.9 Å². The maximum atomic E-state index is 10.8. The minimum absolute atomic E-state index is 0.568. The molecule has 0 radical (unpaired) electrons. The van der Waals surface area contributed by atoms with Crippen LogP contribution in [0.15, 0.2) is 42.7 Å². The Balaban J connectivity index is 1.86. The van der Waals surface area contributed by atoms with Crippen molar-refractivity contribution in [3.05, 3.63) is 48.3 Å². The van der Waals surface area contributed by atoms with Gasteiger partial charge in [-0.1, -0.05) is 24.3 Å². The molecule has 0 spiro atoms. The third-order valence-corrected chi connectivity index (χ3v) is 3.87. The number of H-pyrrole nitrogens is 1. The number of hydrogen-bond donors (Lipinski definition) is 2. The molecule has 4 rings (SSSR count). The molecule has 21 heavy (non-hydrogen) atoms. The van der Waals surface area contributed by atoms with Crippen LogP contribution in [0, 0.1) is 0 Å². The topological polar surface area (TPSA) is 57.8 Å². The standard InChI is InChI=1S/C17H15N3O/c21-10-11-1-3-12(4-2-11)15-9-19-17-14(7-8-18-17)16(15)20-13-5-6-13/h1-4,7-10,13H,5-6H2,(H2,18,19,20). The van der Waals surface area contributed by atoms with E-state index in [1.807, 2.05) is 36.7 Å². The number of aldehydes is 1. The lowest BCUT2D eigenvalue weighted by atomic mass is 10.0. The van der Waals surface area contributed by atoms with Gasteiger partial charge in [0.1, 0.15) is 11.9 Å². The molecule has 2 heterocycles. The molecule has 1 aromatic carbocycles. The maximum absolute atomic E-state index is 10.8. The van der Waals surface area contributed by atoms with Gasteiger partial charge in [0, 0.05) is 34.9 Å². The van der Waals surface area contributed by atoms with E-state index in [1.54, 1.807) is 0 Å². The van der Waals surface area contributed by atoms with E-state index in [2.05, 4.69) is 21.4 Å². The van der Waals surface area contributed by atoms with Gasteiger partial charge >= 0.3 is 0 Å². The quantitative estimate of drug-likeness (QED) is 0.716. The second kappa shape index (κ2) is 4.74. The average Bonchev–Trinajstić information content (AvgIpc) is 3.21. The molecule has 1 fully saturated rings. The van der Waals surface area contributed by atoms with E-state index in [0.29, 0.717) is 11.6 Å². The number of aromatic nitrogens is 2. The van der Waals surface area contributed by atoms with E-state index in [4.69, 9.17) is 0 Å². The van der Waals surface area contributed by atoms with Crippen LogP contribution < -0.4 is 5.32 Å². The first-order valence-corrected chi connectivity index (χ1v) is 7.13. The van der Waals surface area contributed by atoms with Crippen LogP contribution in [-0.4, -0.2) is 22.3 Å². The number of carbonyl (C=O) groups excluding carboxylic acids is 1. The van der Waals surface area contributed by atoms with Crippen LogP contribution in [0.1, 0.15) is 23.2 Å². The molecule has 1 aliphatic carbocycles. The lowest BCUT2D eigenvalue weighted by Crippen LogP contribution is -2.03. The lowest BCUT2D eigenvalue weighted by molar-refractivity contribution is 0.112. The summed E-state index contributed by atoms with van der Waals surface area (Å²) < 4.78 is 0. The Kier molecular flexibility index (Phi) is 2.74. The largest absolute Gasteiger partial charge is 0.381 e. The van der Waals surface area contributed by atoms with Gasteiger partial charge in [0.25, 0.3) is 0 Å². The average molecular weight is 277 g/mol. The number of carbonyl (C=O) groups is 1. The van der Waals surface area contributed by atoms with E-state index in [1.165, 1.54) is 12.8 Å². The summed E-state index contributed by atoms with van der Waals surface area (Å²) in [6.07, 6.45) is 7.10. The highest BCUT2D eigenvalue weighted by atomic mass is 16.1. The van der Waals surface area contributed by atoms with Gasteiger partial charge in [-0.15, -0.1) is 0 Å². The fraction of sp³-hybridized carbons (Fsp3) is 0.176. The van der Waals surface area contributed by atoms with Gasteiger partial charge in [-0.05, 0) is 24.5 Å². The summed E-state index contributed by atoms with van der Waals surface area (Å²) in [5.41, 5.74) is 4.85. The van der Waals surface area contributed by atoms with Crippen LogP contribution in [0.5, 0.6) is 0 Å². The van der Waals surface area contributed by atoms with Crippen molar-refractivity contribution in [2.75, 3.05) is 5.32 Å². The molecule has 0 amide bonds. The monoisotopic (exact) mass is 277 g/mol. The molecule has 0 saturated heterocycles. The second-order valence-corrected chi connectivity index (χ2v) is 5.45.